The number of rotatable bonds is 5. The third kappa shape index (κ3) is 3.10. The van der Waals surface area contributed by atoms with Gasteiger partial charge in [-0.3, -0.25) is 4.79 Å². The van der Waals surface area contributed by atoms with Crippen molar-refractivity contribution in [2.45, 2.75) is 6.92 Å². The third-order valence-electron chi connectivity index (χ3n) is 3.30. The Hall–Kier alpha value is -2.39. The Labute approximate surface area is 133 Å². The summed E-state index contributed by atoms with van der Waals surface area (Å²) in [6.07, 6.45) is 3.48. The van der Waals surface area contributed by atoms with Crippen LogP contribution >= 0.6 is 11.3 Å². The Balaban J connectivity index is 1.84. The largest absolute Gasteiger partial charge is 0.493 e. The minimum atomic E-state index is -0.0403. The molecule has 1 aromatic heterocycles. The van der Waals surface area contributed by atoms with Crippen LogP contribution in [0.4, 0.5) is 0 Å². The fourth-order valence-electron chi connectivity index (χ4n) is 2.28. The molecule has 0 amide bonds. The number of para-hydroxylation sites is 1. The molecule has 2 nitrogen and oxygen atoms in total. The molecule has 0 spiro atoms. The number of benzene rings is 2. The molecule has 22 heavy (non-hydrogen) atoms. The molecule has 0 unspecified atom stereocenters. The first-order valence-electron chi connectivity index (χ1n) is 7.21. The second-order valence-electron chi connectivity index (χ2n) is 4.81. The van der Waals surface area contributed by atoms with Gasteiger partial charge in [0.05, 0.1) is 12.2 Å². The van der Waals surface area contributed by atoms with Crippen molar-refractivity contribution in [3.8, 4) is 5.75 Å². The number of allylic oxidation sites excluding steroid dienone is 1. The first-order valence-corrected chi connectivity index (χ1v) is 8.02. The van der Waals surface area contributed by atoms with Crippen molar-refractivity contribution in [3.05, 3.63) is 71.1 Å². The van der Waals surface area contributed by atoms with Crippen molar-refractivity contribution in [1.29, 1.82) is 0 Å². The third-order valence-corrected chi connectivity index (χ3v) is 4.38. The molecular formula is C19H16O2S. The average Bonchev–Trinajstić information content (AvgIpc) is 2.96. The molecule has 3 heteroatoms. The van der Waals surface area contributed by atoms with E-state index in [1.807, 2.05) is 43.3 Å². The Morgan fingerprint density at radius 3 is 2.73 bits per heavy atom. The van der Waals surface area contributed by atoms with Gasteiger partial charge in [-0.2, -0.15) is 0 Å². The minimum absolute atomic E-state index is 0.0403. The number of hydrogen-bond acceptors (Lipinski definition) is 3. The summed E-state index contributed by atoms with van der Waals surface area (Å²) in [7, 11) is 0. The van der Waals surface area contributed by atoms with E-state index >= 15 is 0 Å². The molecule has 0 N–H and O–H groups in total. The smallest absolute Gasteiger partial charge is 0.189 e. The molecule has 0 aliphatic heterocycles. The first kappa shape index (κ1) is 14.5. The maximum absolute atomic E-state index is 12.4. The summed E-state index contributed by atoms with van der Waals surface area (Å²) in [6.45, 7) is 2.46. The SMILES string of the molecule is CCOc1ccccc1C(=O)/C=C/c1cc2ccccc2s1. The lowest BCUT2D eigenvalue weighted by molar-refractivity contribution is 0.104. The van der Waals surface area contributed by atoms with Crippen molar-refractivity contribution < 1.29 is 9.53 Å². The van der Waals surface area contributed by atoms with Crippen LogP contribution in [0.5, 0.6) is 5.75 Å². The maximum Gasteiger partial charge on any atom is 0.189 e. The Morgan fingerprint density at radius 2 is 1.91 bits per heavy atom. The van der Waals surface area contributed by atoms with Gasteiger partial charge in [0.25, 0.3) is 0 Å². The van der Waals surface area contributed by atoms with Crippen LogP contribution in [0.15, 0.2) is 60.7 Å². The van der Waals surface area contributed by atoms with Gasteiger partial charge in [-0.15, -0.1) is 11.3 Å². The quantitative estimate of drug-likeness (QED) is 0.478. The molecule has 3 aromatic rings. The van der Waals surface area contributed by atoms with Crippen LogP contribution in [0.25, 0.3) is 16.2 Å². The molecule has 0 aliphatic rings. The van der Waals surface area contributed by atoms with Crippen molar-refractivity contribution >= 4 is 33.3 Å². The Morgan fingerprint density at radius 1 is 1.14 bits per heavy atom. The van der Waals surface area contributed by atoms with Crippen LogP contribution < -0.4 is 4.74 Å². The van der Waals surface area contributed by atoms with E-state index in [0.29, 0.717) is 17.9 Å². The minimum Gasteiger partial charge on any atom is -0.493 e. The van der Waals surface area contributed by atoms with Gasteiger partial charge in [0.1, 0.15) is 5.75 Å². The van der Waals surface area contributed by atoms with E-state index in [2.05, 4.69) is 18.2 Å². The maximum atomic E-state index is 12.4. The van der Waals surface area contributed by atoms with Crippen LogP contribution in [0.1, 0.15) is 22.2 Å². The van der Waals surface area contributed by atoms with E-state index in [4.69, 9.17) is 4.74 Å². The van der Waals surface area contributed by atoms with E-state index in [-0.39, 0.29) is 5.78 Å². The van der Waals surface area contributed by atoms with E-state index in [0.717, 1.165) is 4.88 Å². The predicted octanol–water partition coefficient (Wildman–Crippen LogP) is 5.20. The van der Waals surface area contributed by atoms with Gasteiger partial charge in [-0.05, 0) is 48.7 Å². The molecule has 110 valence electrons. The zero-order valence-corrected chi connectivity index (χ0v) is 13.1. The lowest BCUT2D eigenvalue weighted by Crippen LogP contribution is -2.01. The van der Waals surface area contributed by atoms with E-state index in [9.17, 15) is 4.79 Å². The fraction of sp³-hybridized carbons (Fsp3) is 0.105. The molecule has 0 atom stereocenters. The van der Waals surface area contributed by atoms with Gasteiger partial charge in [0, 0.05) is 9.58 Å². The summed E-state index contributed by atoms with van der Waals surface area (Å²) in [5, 5.41) is 1.20. The highest BCUT2D eigenvalue weighted by molar-refractivity contribution is 7.19. The van der Waals surface area contributed by atoms with Gasteiger partial charge < -0.3 is 4.74 Å². The van der Waals surface area contributed by atoms with Gasteiger partial charge in [-0.25, -0.2) is 0 Å². The number of fused-ring (bicyclic) bond motifs is 1. The number of thiophene rings is 1. The lowest BCUT2D eigenvalue weighted by Gasteiger charge is -2.06. The summed E-state index contributed by atoms with van der Waals surface area (Å²) in [4.78, 5) is 13.4. The summed E-state index contributed by atoms with van der Waals surface area (Å²) in [6, 6.07) is 17.6. The van der Waals surface area contributed by atoms with Gasteiger partial charge in [0.2, 0.25) is 0 Å². The van der Waals surface area contributed by atoms with Crippen molar-refractivity contribution in [2.24, 2.45) is 0 Å². The van der Waals surface area contributed by atoms with Crippen LogP contribution in [0.2, 0.25) is 0 Å². The van der Waals surface area contributed by atoms with Crippen LogP contribution in [0.3, 0.4) is 0 Å². The molecule has 0 radical (unpaired) electrons. The van der Waals surface area contributed by atoms with E-state index < -0.39 is 0 Å². The van der Waals surface area contributed by atoms with Crippen molar-refractivity contribution in [2.75, 3.05) is 6.61 Å². The van der Waals surface area contributed by atoms with Crippen LogP contribution in [-0.2, 0) is 0 Å². The number of ketones is 1. The zero-order chi connectivity index (χ0) is 15.4. The monoisotopic (exact) mass is 308 g/mol. The highest BCUT2D eigenvalue weighted by Gasteiger charge is 2.09. The summed E-state index contributed by atoms with van der Waals surface area (Å²) in [5.41, 5.74) is 0.599. The van der Waals surface area contributed by atoms with Crippen LogP contribution in [0, 0.1) is 0 Å². The molecular weight excluding hydrogens is 292 g/mol. The second kappa shape index (κ2) is 6.58. The average molecular weight is 308 g/mol. The molecule has 0 saturated carbocycles. The lowest BCUT2D eigenvalue weighted by atomic mass is 10.1. The Bertz CT molecular complexity index is 797. The normalized spacial score (nSPS) is 11.1. The summed E-state index contributed by atoms with van der Waals surface area (Å²) < 4.78 is 6.73. The van der Waals surface area contributed by atoms with Gasteiger partial charge >= 0.3 is 0 Å². The molecule has 0 aliphatic carbocycles. The molecule has 3 rings (SSSR count). The second-order valence-corrected chi connectivity index (χ2v) is 5.93. The zero-order valence-electron chi connectivity index (χ0n) is 12.3. The number of carbonyl (C=O) groups is 1. The molecule has 1 heterocycles. The highest BCUT2D eigenvalue weighted by Crippen LogP contribution is 2.26. The predicted molar refractivity (Wildman–Crippen MR) is 92.8 cm³/mol. The standard InChI is InChI=1S/C19H16O2S/c1-2-21-18-9-5-4-8-16(18)17(20)12-11-15-13-14-7-3-6-10-19(14)22-15/h3-13H,2H2,1H3/b12-11+. The summed E-state index contributed by atoms with van der Waals surface area (Å²) >= 11 is 1.68. The van der Waals surface area contributed by atoms with Crippen molar-refractivity contribution in [3.63, 3.8) is 0 Å². The molecule has 2 aromatic carbocycles. The number of ether oxygens (including phenoxy) is 1. The van der Waals surface area contributed by atoms with Gasteiger partial charge in [0.15, 0.2) is 5.78 Å². The van der Waals surface area contributed by atoms with E-state index in [1.165, 1.54) is 10.1 Å². The molecule has 0 fully saturated rings. The molecule has 0 bridgehead atoms. The fourth-order valence-corrected chi connectivity index (χ4v) is 3.25. The topological polar surface area (TPSA) is 26.3 Å². The highest BCUT2D eigenvalue weighted by atomic mass is 32.1. The van der Waals surface area contributed by atoms with E-state index in [1.54, 1.807) is 23.5 Å². The van der Waals surface area contributed by atoms with Crippen molar-refractivity contribution in [1.82, 2.24) is 0 Å². The van der Waals surface area contributed by atoms with Gasteiger partial charge in [-0.1, -0.05) is 30.3 Å². The first-order chi connectivity index (χ1) is 10.8. The Kier molecular flexibility index (Phi) is 4.35. The van der Waals surface area contributed by atoms with Crippen LogP contribution in [-0.4, -0.2) is 12.4 Å². The summed E-state index contributed by atoms with van der Waals surface area (Å²) in [5.74, 6) is 0.595. The number of hydrogen-bond donors (Lipinski definition) is 0. The molecule has 0 saturated heterocycles. The number of carbonyl (C=O) groups excluding carboxylic acids is 1.